The molecule has 3 saturated heterocycles. The number of likely N-dealkylation sites (tertiary alicyclic amines) is 1. The van der Waals surface area contributed by atoms with E-state index in [1.54, 1.807) is 11.1 Å². The Morgan fingerprint density at radius 3 is 2.67 bits per heavy atom. The van der Waals surface area contributed by atoms with Crippen molar-refractivity contribution >= 4 is 28.8 Å². The number of nitrogens with zero attached hydrogens (tertiary/aromatic N) is 4. The second-order valence-corrected chi connectivity index (χ2v) is 10.7. The van der Waals surface area contributed by atoms with Gasteiger partial charge in [0.1, 0.15) is 23.4 Å². The van der Waals surface area contributed by atoms with Crippen LogP contribution in [0.4, 0.5) is 0 Å². The molecule has 0 spiro atoms. The second-order valence-electron chi connectivity index (χ2n) is 10.7. The summed E-state index contributed by atoms with van der Waals surface area (Å²) in [5.74, 6) is -0.196. The van der Waals surface area contributed by atoms with Gasteiger partial charge in [0.05, 0.1) is 24.4 Å². The van der Waals surface area contributed by atoms with Crippen molar-refractivity contribution in [2.75, 3.05) is 26.3 Å². The number of fused-ring (bicyclic) bond motifs is 2. The zero-order valence-electron chi connectivity index (χ0n) is 21.5. The molecule has 200 valence electrons. The molecular formula is C29H29N5O5. The first-order valence-corrected chi connectivity index (χ1v) is 13.6. The Bertz CT molecular complexity index is 1500. The number of pyridine rings is 2. The topological polar surface area (TPSA) is 114 Å². The summed E-state index contributed by atoms with van der Waals surface area (Å²) in [4.78, 5) is 51.0. The van der Waals surface area contributed by atoms with Crippen LogP contribution in [0.15, 0.2) is 36.5 Å². The zero-order chi connectivity index (χ0) is 26.5. The van der Waals surface area contributed by atoms with Gasteiger partial charge in [0.15, 0.2) is 0 Å². The van der Waals surface area contributed by atoms with E-state index in [1.807, 2.05) is 24.3 Å². The lowest BCUT2D eigenvalue weighted by molar-refractivity contribution is -0.136. The molecule has 10 heteroatoms. The van der Waals surface area contributed by atoms with Crippen molar-refractivity contribution in [3.63, 3.8) is 0 Å². The number of carbonyl (C=O) groups excluding carboxylic acids is 3. The van der Waals surface area contributed by atoms with Crippen LogP contribution in [-0.4, -0.2) is 75.9 Å². The minimum absolute atomic E-state index is 0.00681. The van der Waals surface area contributed by atoms with Crippen LogP contribution >= 0.6 is 0 Å². The van der Waals surface area contributed by atoms with Gasteiger partial charge in [-0.05, 0) is 61.7 Å². The predicted molar refractivity (Wildman–Crippen MR) is 141 cm³/mol. The minimum atomic E-state index is -0.641. The van der Waals surface area contributed by atoms with Gasteiger partial charge in [-0.3, -0.25) is 29.6 Å². The van der Waals surface area contributed by atoms with Gasteiger partial charge in [-0.2, -0.15) is 0 Å². The average Bonchev–Trinajstić information content (AvgIpc) is 3.54. The van der Waals surface area contributed by atoms with E-state index < -0.39 is 11.9 Å². The number of nitrogens with one attached hydrogen (secondary N) is 1. The summed E-state index contributed by atoms with van der Waals surface area (Å²) in [6, 6.07) is 9.03. The summed E-state index contributed by atoms with van der Waals surface area (Å²) < 4.78 is 11.5. The van der Waals surface area contributed by atoms with E-state index in [1.165, 1.54) is 12.8 Å². The van der Waals surface area contributed by atoms with Crippen LogP contribution in [-0.2, 0) is 27.4 Å². The third kappa shape index (κ3) is 4.43. The summed E-state index contributed by atoms with van der Waals surface area (Å²) in [6.07, 6.45) is 4.74. The standard InChI is InChI=1S/C29H29N5O5/c35-25-6-5-23(28(36)32-25)34-14-18-11-17(3-4-21(18)29(34)37)22-12-19(13-33-9-1-2-10-33)26-27(31-22)24(7-8-30-26)39-20-15-38-16-20/h3-4,7-8,11-12,20,23H,1-2,5-6,9-10,13-16H2,(H,32,35,36). The highest BCUT2D eigenvalue weighted by atomic mass is 16.6. The number of carbonyl (C=O) groups is 3. The van der Waals surface area contributed by atoms with Gasteiger partial charge < -0.3 is 14.4 Å². The summed E-state index contributed by atoms with van der Waals surface area (Å²) in [6.45, 7) is 4.35. The fourth-order valence-corrected chi connectivity index (χ4v) is 5.91. The SMILES string of the molecule is O=C1CCC(N2Cc3cc(-c4cc(CN5CCCC5)c5nccc(OC6COC6)c5n4)ccc3C2=O)C(=O)N1. The monoisotopic (exact) mass is 527 g/mol. The van der Waals surface area contributed by atoms with Crippen LogP contribution in [0.5, 0.6) is 5.75 Å². The van der Waals surface area contributed by atoms with E-state index >= 15 is 0 Å². The van der Waals surface area contributed by atoms with Crippen LogP contribution in [0.1, 0.15) is 47.2 Å². The molecule has 0 bridgehead atoms. The van der Waals surface area contributed by atoms with Gasteiger partial charge in [0, 0.05) is 42.9 Å². The fourth-order valence-electron chi connectivity index (χ4n) is 5.91. The first kappa shape index (κ1) is 24.2. The molecule has 1 unspecified atom stereocenters. The summed E-state index contributed by atoms with van der Waals surface area (Å²) >= 11 is 0. The van der Waals surface area contributed by atoms with Crippen LogP contribution < -0.4 is 10.1 Å². The third-order valence-corrected chi connectivity index (χ3v) is 8.05. The van der Waals surface area contributed by atoms with Crippen LogP contribution in [0.2, 0.25) is 0 Å². The largest absolute Gasteiger partial charge is 0.483 e. The normalized spacial score (nSPS) is 21.8. The van der Waals surface area contributed by atoms with E-state index in [9.17, 15) is 14.4 Å². The van der Waals surface area contributed by atoms with Gasteiger partial charge in [-0.1, -0.05) is 6.07 Å². The molecular weight excluding hydrogens is 498 g/mol. The van der Waals surface area contributed by atoms with Gasteiger partial charge in [-0.15, -0.1) is 0 Å². The van der Waals surface area contributed by atoms with E-state index in [0.717, 1.165) is 53.1 Å². The quantitative estimate of drug-likeness (QED) is 0.487. The lowest BCUT2D eigenvalue weighted by Crippen LogP contribution is -2.52. The number of imide groups is 1. The molecule has 3 fully saturated rings. The number of aromatic nitrogens is 2. The lowest BCUT2D eigenvalue weighted by Gasteiger charge is -2.29. The van der Waals surface area contributed by atoms with E-state index in [4.69, 9.17) is 19.4 Å². The summed E-state index contributed by atoms with van der Waals surface area (Å²) in [5.41, 5.74) is 5.75. The smallest absolute Gasteiger partial charge is 0.255 e. The lowest BCUT2D eigenvalue weighted by atomic mass is 10.0. The Hall–Kier alpha value is -3.89. The van der Waals surface area contributed by atoms with Crippen LogP contribution in [0.3, 0.4) is 0 Å². The molecule has 0 saturated carbocycles. The Morgan fingerprint density at radius 1 is 1.05 bits per heavy atom. The number of benzene rings is 1. The Morgan fingerprint density at radius 2 is 1.90 bits per heavy atom. The highest BCUT2D eigenvalue weighted by Gasteiger charge is 2.39. The van der Waals surface area contributed by atoms with Gasteiger partial charge in [0.25, 0.3) is 5.91 Å². The van der Waals surface area contributed by atoms with Crippen molar-refractivity contribution in [1.82, 2.24) is 25.1 Å². The molecule has 3 aromatic rings. The maximum atomic E-state index is 13.2. The number of ether oxygens (including phenoxy) is 2. The fraction of sp³-hybridized carbons (Fsp3) is 0.414. The first-order chi connectivity index (χ1) is 19.0. The number of amides is 3. The molecule has 10 nitrogen and oxygen atoms in total. The molecule has 1 atom stereocenters. The van der Waals surface area contributed by atoms with Crippen molar-refractivity contribution in [2.45, 2.75) is 50.9 Å². The molecule has 0 radical (unpaired) electrons. The molecule has 1 aromatic carbocycles. The van der Waals surface area contributed by atoms with E-state index in [-0.39, 0.29) is 24.3 Å². The number of rotatable bonds is 6. The van der Waals surface area contributed by atoms with Crippen LogP contribution in [0, 0.1) is 0 Å². The minimum Gasteiger partial charge on any atom is -0.483 e. The van der Waals surface area contributed by atoms with Crippen molar-refractivity contribution in [1.29, 1.82) is 0 Å². The third-order valence-electron chi connectivity index (χ3n) is 8.05. The van der Waals surface area contributed by atoms with Crippen molar-refractivity contribution < 1.29 is 23.9 Å². The maximum Gasteiger partial charge on any atom is 0.255 e. The molecule has 4 aliphatic rings. The van der Waals surface area contributed by atoms with Gasteiger partial charge >= 0.3 is 0 Å². The summed E-state index contributed by atoms with van der Waals surface area (Å²) in [7, 11) is 0. The Labute approximate surface area is 225 Å². The van der Waals surface area contributed by atoms with Crippen LogP contribution in [0.25, 0.3) is 22.3 Å². The van der Waals surface area contributed by atoms with Crippen molar-refractivity contribution in [3.8, 4) is 17.0 Å². The molecule has 2 aromatic heterocycles. The van der Waals surface area contributed by atoms with E-state index in [0.29, 0.717) is 37.5 Å². The zero-order valence-corrected chi connectivity index (χ0v) is 21.5. The molecule has 1 N–H and O–H groups in total. The van der Waals surface area contributed by atoms with Gasteiger partial charge in [0.2, 0.25) is 11.8 Å². The van der Waals surface area contributed by atoms with Crippen molar-refractivity contribution in [3.05, 3.63) is 53.2 Å². The Balaban J connectivity index is 1.25. The number of hydrogen-bond donors (Lipinski definition) is 1. The number of piperidine rings is 1. The average molecular weight is 528 g/mol. The molecule has 4 aliphatic heterocycles. The first-order valence-electron chi connectivity index (χ1n) is 13.6. The molecule has 39 heavy (non-hydrogen) atoms. The number of hydrogen-bond acceptors (Lipinski definition) is 8. The summed E-state index contributed by atoms with van der Waals surface area (Å²) in [5, 5.41) is 2.36. The molecule has 0 aliphatic carbocycles. The second kappa shape index (κ2) is 9.69. The highest BCUT2D eigenvalue weighted by Crippen LogP contribution is 2.34. The van der Waals surface area contributed by atoms with Crippen molar-refractivity contribution in [2.24, 2.45) is 0 Å². The van der Waals surface area contributed by atoms with Gasteiger partial charge in [-0.25, -0.2) is 4.98 Å². The predicted octanol–water partition coefficient (Wildman–Crippen LogP) is 2.43. The van der Waals surface area contributed by atoms with E-state index in [2.05, 4.69) is 16.3 Å². The molecule has 6 heterocycles. The molecule has 7 rings (SSSR count). The Kier molecular flexibility index (Phi) is 6.01. The molecule has 3 amide bonds. The highest BCUT2D eigenvalue weighted by molar-refractivity contribution is 6.05. The maximum absolute atomic E-state index is 13.2.